The van der Waals surface area contributed by atoms with Gasteiger partial charge in [0.25, 0.3) is 0 Å². The quantitative estimate of drug-likeness (QED) is 0.0356. The van der Waals surface area contributed by atoms with Gasteiger partial charge in [-0.05, 0) is 112 Å². The summed E-state index contributed by atoms with van der Waals surface area (Å²) in [5.74, 6) is -17.8. The van der Waals surface area contributed by atoms with Gasteiger partial charge in [0.1, 0.15) is 84.3 Å². The molecule has 4 aliphatic heterocycles. The van der Waals surface area contributed by atoms with Crippen molar-refractivity contribution in [1.82, 2.24) is 82.3 Å². The van der Waals surface area contributed by atoms with E-state index in [-0.39, 0.29) is 83.0 Å². The van der Waals surface area contributed by atoms with E-state index in [1.165, 1.54) is 75.3 Å². The summed E-state index contributed by atoms with van der Waals surface area (Å²) in [6.07, 6.45) is 4.22. The van der Waals surface area contributed by atoms with Gasteiger partial charge in [-0.2, -0.15) is 0 Å². The number of phenols is 1. The number of nitrogens with one attached hydrogen (secondary N) is 11. The first-order valence-corrected chi connectivity index (χ1v) is 44.5. The topological polar surface area (TPSA) is 597 Å². The van der Waals surface area contributed by atoms with Gasteiger partial charge in [0.15, 0.2) is 5.78 Å². The lowest BCUT2D eigenvalue weighted by Gasteiger charge is -2.36. The molecule has 40 nitrogen and oxygen atoms in total. The van der Waals surface area contributed by atoms with E-state index >= 15 is 28.8 Å². The molecule has 9 rings (SSSR count). The molecule has 16 amide bonds. The lowest BCUT2D eigenvalue weighted by Crippen LogP contribution is -2.60. The number of primary amides is 2. The normalized spacial score (nSPS) is 25.9. The molecule has 4 aliphatic rings. The van der Waals surface area contributed by atoms with E-state index in [1.54, 1.807) is 67.1 Å². The maximum atomic E-state index is 15.7. The van der Waals surface area contributed by atoms with Crippen LogP contribution in [-0.2, 0) is 101 Å². The molecule has 5 aromatic rings. The summed E-state index contributed by atoms with van der Waals surface area (Å²) < 4.78 is 0. The molecular weight excluding hydrogens is 1690 g/mol. The number of hydrogen-bond acceptors (Lipinski definition) is 23. The van der Waals surface area contributed by atoms with E-state index in [0.29, 0.717) is 69.8 Å². The van der Waals surface area contributed by atoms with Crippen molar-refractivity contribution < 1.29 is 96.8 Å². The first kappa shape index (κ1) is 100. The van der Waals surface area contributed by atoms with Crippen molar-refractivity contribution in [2.45, 2.75) is 221 Å². The molecule has 0 bridgehead atoms. The van der Waals surface area contributed by atoms with Crippen molar-refractivity contribution in [3.05, 3.63) is 114 Å². The van der Waals surface area contributed by atoms with Gasteiger partial charge < -0.3 is 115 Å². The number of benzene rings is 3. The Bertz CT molecular complexity index is 4980. The van der Waals surface area contributed by atoms with Crippen molar-refractivity contribution in [2.75, 3.05) is 65.4 Å². The number of aromatic nitrogens is 2. The third-order valence-corrected chi connectivity index (χ3v) is 24.7. The van der Waals surface area contributed by atoms with Crippen molar-refractivity contribution in [3.8, 4) is 5.75 Å². The van der Waals surface area contributed by atoms with Crippen LogP contribution >= 0.6 is 11.8 Å². The minimum absolute atomic E-state index is 0.00554. The number of nitrogens with two attached hydrogens (primary N) is 3. The Morgan fingerprint density at radius 1 is 0.574 bits per heavy atom. The number of aliphatic hydroxyl groups is 2. The van der Waals surface area contributed by atoms with E-state index < -0.39 is 241 Å². The second-order valence-corrected chi connectivity index (χ2v) is 34.2. The zero-order chi connectivity index (χ0) is 94.0. The van der Waals surface area contributed by atoms with Crippen LogP contribution in [0.3, 0.4) is 0 Å². The third kappa shape index (κ3) is 27.0. The number of aromatic hydroxyl groups is 1. The maximum absolute atomic E-state index is 15.7. The van der Waals surface area contributed by atoms with Crippen LogP contribution in [0.25, 0.3) is 21.8 Å². The van der Waals surface area contributed by atoms with Crippen molar-refractivity contribution in [1.29, 1.82) is 0 Å². The Hall–Kier alpha value is -12.6. The minimum Gasteiger partial charge on any atom is -0.508 e. The van der Waals surface area contributed by atoms with Crippen LogP contribution in [0.5, 0.6) is 5.75 Å². The van der Waals surface area contributed by atoms with E-state index in [0.717, 1.165) is 26.5 Å². The highest BCUT2D eigenvalue weighted by Crippen LogP contribution is 2.30. The van der Waals surface area contributed by atoms with Crippen LogP contribution < -0.4 is 65.1 Å². The number of aliphatic hydroxyl groups excluding tert-OH is 2. The first-order valence-electron chi connectivity index (χ1n) is 43.4. The van der Waals surface area contributed by atoms with Crippen LogP contribution in [0.15, 0.2) is 102 Å². The molecule has 698 valence electrons. The Labute approximate surface area is 750 Å². The third-order valence-electron chi connectivity index (χ3n) is 23.7. The minimum atomic E-state index is -1.77. The molecule has 0 aliphatic carbocycles. The number of hydrogen-bond donors (Lipinski definition) is 17. The van der Waals surface area contributed by atoms with Gasteiger partial charge in [0, 0.05) is 125 Å². The van der Waals surface area contributed by atoms with Gasteiger partial charge in [0.2, 0.25) is 94.5 Å². The molecule has 3 fully saturated rings. The fraction of sp³-hybridized carbons (Fsp3) is 0.523. The second kappa shape index (κ2) is 47.4. The van der Waals surface area contributed by atoms with Gasteiger partial charge in [-0.3, -0.25) is 86.5 Å². The molecule has 15 atom stereocenters. The van der Waals surface area contributed by atoms with Crippen molar-refractivity contribution in [3.63, 3.8) is 0 Å². The van der Waals surface area contributed by atoms with Crippen molar-refractivity contribution in [2.24, 2.45) is 28.1 Å². The standard InChI is InChI=1S/C88H120N20O20S/c1-8-10-21-68-81(121)96-48(3)76(116)103-67(78(118)95-43-74(91)114)46-129-47-75(115)97-64(33-50-24-26-55(110)27-25-50)85(125)104(5)49(4)77(117)101-65(39-73(90)113)87(127)107-32-16-23-69(107)82(122)99-62(34-51-29-31-92-40-51)79(119)98-61(28-30-89)86(126)108-44-56(111)38-71(108)83(123)100-63(36-54-42-94-60-20-15-13-18-58(54)60)80(120)102-66(45-109)72(112)37-52(35-53-41-93-59-19-14-12-17-57(53)59)84(124)106(7)70(22-11-9-2)88(128)105(68)6/h12-15,17-20,24-27,31,40-42,48-49,52,56,61-71,93-94,109-111H,8-11,16,21-23,28-30,32-39,43-47,89H2,1-7H3,(H2,90,113)(H2,91,114)(H,95,118)(H,96,121)(H,97,115)(H,98,119)(H,99,122)(H,100,123)(H,101,117)(H,102,120)(H,103,116)/t48-,49-,52+,56+,61-,62-,63-,64-,65-,66-,67-,68-,69-,70-,71-/m0/s1. The number of unbranched alkanes of at least 4 members (excludes halogenated alkanes) is 2. The van der Waals surface area contributed by atoms with Gasteiger partial charge in [-0.25, -0.2) is 0 Å². The van der Waals surface area contributed by atoms with Crippen LogP contribution in [0.2, 0.25) is 0 Å². The largest absolute Gasteiger partial charge is 0.508 e. The number of ketones is 1. The average molecular weight is 1810 g/mol. The predicted molar refractivity (Wildman–Crippen MR) is 475 cm³/mol. The molecule has 3 aromatic carbocycles. The Morgan fingerprint density at radius 2 is 1.16 bits per heavy atom. The highest BCUT2D eigenvalue weighted by molar-refractivity contribution is 8.00. The highest BCUT2D eigenvalue weighted by atomic mass is 32.2. The number of thioether (sulfide) groups is 1. The fourth-order valence-corrected chi connectivity index (χ4v) is 17.2. The van der Waals surface area contributed by atoms with Crippen LogP contribution in [0.1, 0.15) is 134 Å². The number of nitrogens with zero attached hydrogens (tertiary/aromatic N) is 6. The molecule has 129 heavy (non-hydrogen) atoms. The summed E-state index contributed by atoms with van der Waals surface area (Å²) in [6, 6.07) is 0.0580. The average Bonchev–Trinajstić information content (AvgIpc) is 1.73. The van der Waals surface area contributed by atoms with Gasteiger partial charge in [-0.15, -0.1) is 11.8 Å². The van der Waals surface area contributed by atoms with Gasteiger partial charge >= 0.3 is 0 Å². The number of aromatic amines is 2. The van der Waals surface area contributed by atoms with E-state index in [4.69, 9.17) is 17.2 Å². The monoisotopic (exact) mass is 1810 g/mol. The first-order chi connectivity index (χ1) is 61.5. The predicted octanol–water partition coefficient (Wildman–Crippen LogP) is -2.00. The van der Waals surface area contributed by atoms with Crippen LogP contribution in [-0.4, -0.2) is 306 Å². The molecule has 2 aromatic heterocycles. The number of aliphatic imine (C=N–C) groups is 1. The number of phenolic OH excluding ortho intramolecular Hbond substituents is 1. The van der Waals surface area contributed by atoms with E-state index in [2.05, 4.69) is 62.8 Å². The fourth-order valence-electron chi connectivity index (χ4n) is 16.3. The molecular formula is C88H120N20O20S. The van der Waals surface area contributed by atoms with Crippen molar-refractivity contribution >= 4 is 140 Å². The second-order valence-electron chi connectivity index (χ2n) is 33.2. The lowest BCUT2D eigenvalue weighted by molar-refractivity contribution is -0.150. The summed E-state index contributed by atoms with van der Waals surface area (Å²) in [5.41, 5.74) is 20.6. The summed E-state index contributed by atoms with van der Waals surface area (Å²) in [5, 5.41) is 57.6. The summed E-state index contributed by atoms with van der Waals surface area (Å²) in [4.78, 5) is 264. The number of amides is 16. The SMILES string of the molecule is CCCC[C@H]1C(=O)N(C)[C@@H](CCCC)C(=O)N[C@@H](C)C(=O)N[C@H](C(=O)NCC(N)=O)CSCC(=O)N[C@@H](Cc2ccc(O)cc2)C(=O)N(C)[C@@H](C)C(=O)N[C@@H](CC(N)=O)C(=O)N2CCC[C@H]2C(=O)N[C@@H](CC2=CN=CC2)C(=O)N[C@@H](CCN)C(=O)N2C[C@H](O)C[C@H]2C(=O)N[C@@H](Cc2c[nH]c3ccccc23)C(=O)N[C@@H](CO)C(=O)C[C@@H](Cc2c[nH]c3ccccc23)C(=O)N1C. The maximum Gasteiger partial charge on any atom is 0.246 e. The number of Topliss-reactive ketones (excluding diaryl/α,β-unsaturated/α-hetero) is 1. The number of para-hydroxylation sites is 2. The number of rotatable bonds is 22. The summed E-state index contributed by atoms with van der Waals surface area (Å²) in [7, 11) is 3.98. The Morgan fingerprint density at radius 3 is 1.76 bits per heavy atom. The Kier molecular flexibility index (Phi) is 36.8. The van der Waals surface area contributed by atoms with Crippen LogP contribution in [0, 0.1) is 5.92 Å². The molecule has 20 N–H and O–H groups in total. The van der Waals surface area contributed by atoms with Gasteiger partial charge in [-0.1, -0.05) is 88.1 Å². The zero-order valence-corrected chi connectivity index (χ0v) is 74.3. The summed E-state index contributed by atoms with van der Waals surface area (Å²) in [6.45, 7) is 3.74. The molecule has 6 heterocycles. The zero-order valence-electron chi connectivity index (χ0n) is 73.5. The number of H-pyrrole nitrogens is 2. The number of fused-ring (bicyclic) bond motifs is 4. The lowest BCUT2D eigenvalue weighted by atomic mass is 9.90. The van der Waals surface area contributed by atoms with E-state index in [9.17, 15) is 68.1 Å². The number of carbonyl (C=O) groups excluding carboxylic acids is 17. The molecule has 3 saturated heterocycles. The molecule has 0 spiro atoms. The smallest absolute Gasteiger partial charge is 0.246 e. The highest BCUT2D eigenvalue weighted by Gasteiger charge is 2.47. The molecule has 0 unspecified atom stereocenters. The van der Waals surface area contributed by atoms with Crippen LogP contribution in [0.4, 0.5) is 0 Å². The number of likely N-dealkylation sites (N-methyl/N-ethyl adjacent to an activating group) is 3. The molecule has 0 radical (unpaired) electrons. The molecule has 41 heteroatoms. The summed E-state index contributed by atoms with van der Waals surface area (Å²) >= 11 is 0.785. The molecule has 0 saturated carbocycles. The number of carbonyl (C=O) groups is 17. The Balaban J connectivity index is 1.07. The van der Waals surface area contributed by atoms with Gasteiger partial charge in [0.05, 0.1) is 31.4 Å². The van der Waals surface area contributed by atoms with E-state index in [1.807, 2.05) is 13.8 Å².